The predicted molar refractivity (Wildman–Crippen MR) is 144 cm³/mol. The van der Waals surface area contributed by atoms with Gasteiger partial charge >= 0.3 is 0 Å². The number of ether oxygens (including phenoxy) is 1. The van der Waals surface area contributed by atoms with Gasteiger partial charge in [0, 0.05) is 30.3 Å². The molecule has 0 heterocycles. The lowest BCUT2D eigenvalue weighted by atomic mass is 10.0. The third-order valence-electron chi connectivity index (χ3n) is 5.52. The molecule has 35 heavy (non-hydrogen) atoms. The maximum atomic E-state index is 13.6. The summed E-state index contributed by atoms with van der Waals surface area (Å²) in [5, 5.41) is 3.61. The smallest absolute Gasteiger partial charge is 0.243 e. The molecule has 0 saturated carbocycles. The molecule has 0 aromatic heterocycles. The normalized spacial score (nSPS) is 11.5. The second-order valence-corrected chi connectivity index (χ2v) is 9.51. The molecule has 2 amide bonds. The molecule has 0 aliphatic carbocycles. The van der Waals surface area contributed by atoms with Crippen molar-refractivity contribution in [3.63, 3.8) is 0 Å². The molecule has 0 aliphatic rings. The number of likely N-dealkylation sites (N-methyl/N-ethyl adjacent to an activating group) is 1. The van der Waals surface area contributed by atoms with E-state index in [1.165, 1.54) is 11.8 Å². The van der Waals surface area contributed by atoms with Crippen molar-refractivity contribution in [1.29, 1.82) is 0 Å². The molecule has 0 unspecified atom stereocenters. The van der Waals surface area contributed by atoms with E-state index < -0.39 is 6.04 Å². The van der Waals surface area contributed by atoms with E-state index in [9.17, 15) is 9.59 Å². The highest BCUT2D eigenvalue weighted by atomic mass is 35.5. The third kappa shape index (κ3) is 8.34. The van der Waals surface area contributed by atoms with Gasteiger partial charge in [0.15, 0.2) is 0 Å². The van der Waals surface area contributed by atoms with E-state index in [1.807, 2.05) is 85.8 Å². The predicted octanol–water partition coefficient (Wildman–Crippen LogP) is 5.36. The zero-order valence-electron chi connectivity index (χ0n) is 20.1. The monoisotopic (exact) mass is 510 g/mol. The van der Waals surface area contributed by atoms with Crippen LogP contribution < -0.4 is 10.1 Å². The number of amides is 2. The summed E-state index contributed by atoms with van der Waals surface area (Å²) in [6.45, 7) is 2.69. The van der Waals surface area contributed by atoms with Crippen molar-refractivity contribution in [2.45, 2.75) is 31.7 Å². The summed E-state index contributed by atoms with van der Waals surface area (Å²) >= 11 is 7.50. The average molecular weight is 511 g/mol. The second kappa shape index (κ2) is 13.8. The summed E-state index contributed by atoms with van der Waals surface area (Å²) in [5.41, 5.74) is 3.00. The molecule has 0 fully saturated rings. The lowest BCUT2D eigenvalue weighted by Crippen LogP contribution is -2.51. The number of carbonyl (C=O) groups is 2. The van der Waals surface area contributed by atoms with Crippen molar-refractivity contribution < 1.29 is 14.3 Å². The Kier molecular flexibility index (Phi) is 10.5. The summed E-state index contributed by atoms with van der Waals surface area (Å²) in [5.74, 6) is 1.41. The Labute approximate surface area is 216 Å². The minimum Gasteiger partial charge on any atom is -0.497 e. The molecular formula is C28H31ClN2O3S. The molecule has 0 radical (unpaired) electrons. The number of thioether (sulfide) groups is 1. The van der Waals surface area contributed by atoms with E-state index >= 15 is 0 Å². The summed E-state index contributed by atoms with van der Waals surface area (Å²) < 4.78 is 5.37. The minimum atomic E-state index is -0.632. The first-order valence-corrected chi connectivity index (χ1v) is 13.1. The number of carbonyl (C=O) groups excluding carboxylic acids is 2. The number of nitrogens with one attached hydrogen (secondary N) is 1. The standard InChI is InChI=1S/C28H31ClN2O3S/c1-3-30-28(33)26(17-21-8-5-4-6-9-21)31(18-23-10-7-11-25(16-23)34-2)27(32)20-35-19-22-12-14-24(29)15-13-22/h4-16,26H,3,17-20H2,1-2H3,(H,30,33)/t26-/m0/s1. The fourth-order valence-corrected chi connectivity index (χ4v) is 4.73. The van der Waals surface area contributed by atoms with Crippen LogP contribution in [0.2, 0.25) is 5.02 Å². The van der Waals surface area contributed by atoms with Gasteiger partial charge in [-0.15, -0.1) is 11.8 Å². The highest BCUT2D eigenvalue weighted by Crippen LogP contribution is 2.21. The van der Waals surface area contributed by atoms with Crippen molar-refractivity contribution in [2.75, 3.05) is 19.4 Å². The van der Waals surface area contributed by atoms with E-state index in [0.29, 0.717) is 36.0 Å². The number of benzene rings is 3. The van der Waals surface area contributed by atoms with Crippen LogP contribution in [0, 0.1) is 0 Å². The Morgan fingerprint density at radius 3 is 2.37 bits per heavy atom. The quantitative estimate of drug-likeness (QED) is 0.356. The van der Waals surface area contributed by atoms with Gasteiger partial charge in [0.05, 0.1) is 12.9 Å². The zero-order valence-corrected chi connectivity index (χ0v) is 21.6. The molecule has 0 bridgehead atoms. The number of rotatable bonds is 12. The molecule has 1 atom stereocenters. The molecule has 0 spiro atoms. The van der Waals surface area contributed by atoms with Gasteiger partial charge in [0.25, 0.3) is 0 Å². The first-order valence-electron chi connectivity index (χ1n) is 11.6. The van der Waals surface area contributed by atoms with Gasteiger partial charge in [0.2, 0.25) is 11.8 Å². The highest BCUT2D eigenvalue weighted by molar-refractivity contribution is 7.99. The fourth-order valence-electron chi connectivity index (χ4n) is 3.73. The van der Waals surface area contributed by atoms with E-state index in [1.54, 1.807) is 12.0 Å². The third-order valence-corrected chi connectivity index (χ3v) is 6.76. The van der Waals surface area contributed by atoms with Crippen LogP contribution in [0.4, 0.5) is 0 Å². The van der Waals surface area contributed by atoms with E-state index in [0.717, 1.165) is 16.7 Å². The number of methoxy groups -OCH3 is 1. The molecular weight excluding hydrogens is 480 g/mol. The molecule has 184 valence electrons. The molecule has 0 aliphatic heterocycles. The van der Waals surface area contributed by atoms with Gasteiger partial charge in [-0.25, -0.2) is 0 Å². The van der Waals surface area contributed by atoms with Crippen LogP contribution >= 0.6 is 23.4 Å². The number of halogens is 1. The maximum absolute atomic E-state index is 13.6. The van der Waals surface area contributed by atoms with Gasteiger partial charge in [0.1, 0.15) is 11.8 Å². The largest absolute Gasteiger partial charge is 0.497 e. The average Bonchev–Trinajstić information content (AvgIpc) is 2.88. The summed E-state index contributed by atoms with van der Waals surface area (Å²) in [6, 6.07) is 24.4. The van der Waals surface area contributed by atoms with Crippen LogP contribution in [0.25, 0.3) is 0 Å². The van der Waals surface area contributed by atoms with Crippen molar-refractivity contribution in [1.82, 2.24) is 10.2 Å². The van der Waals surface area contributed by atoms with Crippen LogP contribution in [0.15, 0.2) is 78.9 Å². The maximum Gasteiger partial charge on any atom is 0.243 e. The van der Waals surface area contributed by atoms with Crippen molar-refractivity contribution in [3.05, 3.63) is 101 Å². The van der Waals surface area contributed by atoms with Crippen molar-refractivity contribution >= 4 is 35.2 Å². The summed E-state index contributed by atoms with van der Waals surface area (Å²) in [6.07, 6.45) is 0.435. The number of hydrogen-bond acceptors (Lipinski definition) is 4. The number of nitrogens with zero attached hydrogens (tertiary/aromatic N) is 1. The Balaban J connectivity index is 1.83. The van der Waals surface area contributed by atoms with Gasteiger partial charge in [-0.2, -0.15) is 0 Å². The van der Waals surface area contributed by atoms with Gasteiger partial charge in [-0.3, -0.25) is 9.59 Å². The first-order chi connectivity index (χ1) is 17.0. The topological polar surface area (TPSA) is 58.6 Å². The first kappa shape index (κ1) is 26.6. The summed E-state index contributed by atoms with van der Waals surface area (Å²) in [4.78, 5) is 28.4. The van der Waals surface area contributed by atoms with Crippen molar-refractivity contribution in [2.24, 2.45) is 0 Å². The lowest BCUT2D eigenvalue weighted by molar-refractivity contribution is -0.139. The van der Waals surface area contributed by atoms with Gasteiger partial charge in [-0.1, -0.05) is 66.2 Å². The van der Waals surface area contributed by atoms with Crippen LogP contribution in [0.1, 0.15) is 23.6 Å². The molecule has 0 saturated heterocycles. The Morgan fingerprint density at radius 2 is 1.69 bits per heavy atom. The lowest BCUT2D eigenvalue weighted by Gasteiger charge is -2.31. The molecule has 3 aromatic carbocycles. The molecule has 7 heteroatoms. The highest BCUT2D eigenvalue weighted by Gasteiger charge is 2.30. The van der Waals surface area contributed by atoms with E-state index in [-0.39, 0.29) is 17.6 Å². The van der Waals surface area contributed by atoms with E-state index in [4.69, 9.17) is 16.3 Å². The Hall–Kier alpha value is -2.96. The van der Waals surface area contributed by atoms with Crippen LogP contribution in [0.3, 0.4) is 0 Å². The molecule has 5 nitrogen and oxygen atoms in total. The van der Waals surface area contributed by atoms with Gasteiger partial charge < -0.3 is 15.0 Å². The molecule has 3 rings (SSSR count). The van der Waals surface area contributed by atoms with Crippen molar-refractivity contribution in [3.8, 4) is 5.75 Å². The Bertz CT molecular complexity index is 1090. The van der Waals surface area contributed by atoms with Crippen LogP contribution in [0.5, 0.6) is 5.75 Å². The van der Waals surface area contributed by atoms with Crippen LogP contribution in [-0.2, 0) is 28.3 Å². The van der Waals surface area contributed by atoms with Gasteiger partial charge in [-0.05, 0) is 47.9 Å². The fraction of sp³-hybridized carbons (Fsp3) is 0.286. The number of hydrogen-bond donors (Lipinski definition) is 1. The van der Waals surface area contributed by atoms with E-state index in [2.05, 4.69) is 5.32 Å². The minimum absolute atomic E-state index is 0.0843. The Morgan fingerprint density at radius 1 is 0.971 bits per heavy atom. The molecule has 1 N–H and O–H groups in total. The molecule has 3 aromatic rings. The summed E-state index contributed by atoms with van der Waals surface area (Å²) in [7, 11) is 1.61. The second-order valence-electron chi connectivity index (χ2n) is 8.09. The SMILES string of the molecule is CCNC(=O)[C@H](Cc1ccccc1)N(Cc1cccc(OC)c1)C(=O)CSCc1ccc(Cl)cc1. The zero-order chi connectivity index (χ0) is 25.0. The van der Waals surface area contributed by atoms with Crippen LogP contribution in [-0.4, -0.2) is 42.2 Å².